The number of rotatable bonds is 2. The molecule has 1 unspecified atom stereocenters. The summed E-state index contributed by atoms with van der Waals surface area (Å²) in [5.41, 5.74) is 0.923. The summed E-state index contributed by atoms with van der Waals surface area (Å²) < 4.78 is 10.2. The van der Waals surface area contributed by atoms with Crippen LogP contribution in [0.15, 0.2) is 12.1 Å². The molecule has 5 heteroatoms. The van der Waals surface area contributed by atoms with E-state index in [1.807, 2.05) is 0 Å². The third-order valence-corrected chi connectivity index (χ3v) is 2.30. The third kappa shape index (κ3) is 1.50. The van der Waals surface area contributed by atoms with E-state index in [2.05, 4.69) is 0 Å². The minimum atomic E-state index is -1.58. The molecule has 1 atom stereocenters. The first-order valence-corrected chi connectivity index (χ1v) is 4.41. The van der Waals surface area contributed by atoms with Crippen molar-refractivity contribution >= 4 is 5.97 Å². The highest BCUT2D eigenvalue weighted by molar-refractivity contribution is 5.76. The summed E-state index contributed by atoms with van der Waals surface area (Å²) >= 11 is 0. The lowest BCUT2D eigenvalue weighted by molar-refractivity contribution is -0.147. The fraction of sp³-hybridized carbons (Fsp3) is 0.300. The van der Waals surface area contributed by atoms with Crippen molar-refractivity contribution in [1.29, 1.82) is 0 Å². The molecule has 0 amide bonds. The van der Waals surface area contributed by atoms with Crippen LogP contribution in [0.3, 0.4) is 0 Å². The molecule has 0 radical (unpaired) electrons. The van der Waals surface area contributed by atoms with E-state index in [4.69, 9.17) is 14.6 Å². The summed E-state index contributed by atoms with van der Waals surface area (Å²) in [5.74, 6) is -0.511. The maximum absolute atomic E-state index is 10.7. The van der Waals surface area contributed by atoms with Crippen LogP contribution in [0.4, 0.5) is 0 Å². The number of aliphatic carboxylic acids is 1. The Morgan fingerprint density at radius 1 is 1.47 bits per heavy atom. The molecule has 0 saturated heterocycles. The van der Waals surface area contributed by atoms with Gasteiger partial charge in [-0.05, 0) is 18.6 Å². The van der Waals surface area contributed by atoms with Gasteiger partial charge in [0.25, 0.3) is 0 Å². The number of aliphatic hydroxyl groups excluding tert-OH is 1. The van der Waals surface area contributed by atoms with Crippen LogP contribution in [0, 0.1) is 6.92 Å². The molecule has 1 aromatic rings. The highest BCUT2D eigenvalue weighted by atomic mass is 16.7. The first-order valence-electron chi connectivity index (χ1n) is 4.41. The van der Waals surface area contributed by atoms with Crippen LogP contribution in [0.1, 0.15) is 17.2 Å². The average molecular weight is 210 g/mol. The molecule has 2 N–H and O–H groups in total. The lowest BCUT2D eigenvalue weighted by Gasteiger charge is -2.12. The Bertz CT molecular complexity index is 413. The fourth-order valence-electron chi connectivity index (χ4n) is 1.56. The lowest BCUT2D eigenvalue weighted by atomic mass is 10.0. The van der Waals surface area contributed by atoms with Gasteiger partial charge >= 0.3 is 5.97 Å². The number of benzene rings is 1. The van der Waals surface area contributed by atoms with E-state index >= 15 is 0 Å². The number of fused-ring (bicyclic) bond motifs is 1. The van der Waals surface area contributed by atoms with Gasteiger partial charge in [-0.1, -0.05) is 6.07 Å². The highest BCUT2D eigenvalue weighted by Gasteiger charge is 2.28. The molecule has 0 aliphatic carbocycles. The maximum atomic E-state index is 10.7. The second-order valence-electron chi connectivity index (χ2n) is 3.27. The second-order valence-corrected chi connectivity index (χ2v) is 3.27. The monoisotopic (exact) mass is 210 g/mol. The number of aliphatic hydroxyl groups is 1. The van der Waals surface area contributed by atoms with E-state index in [-0.39, 0.29) is 12.4 Å². The van der Waals surface area contributed by atoms with E-state index in [9.17, 15) is 9.90 Å². The summed E-state index contributed by atoms with van der Waals surface area (Å²) in [4.78, 5) is 10.7. The zero-order valence-corrected chi connectivity index (χ0v) is 8.06. The van der Waals surface area contributed by atoms with Crippen molar-refractivity contribution in [3.8, 4) is 11.5 Å². The van der Waals surface area contributed by atoms with Crippen molar-refractivity contribution in [2.24, 2.45) is 0 Å². The Morgan fingerprint density at radius 3 is 2.87 bits per heavy atom. The van der Waals surface area contributed by atoms with E-state index < -0.39 is 12.1 Å². The molecule has 1 aromatic carbocycles. The van der Waals surface area contributed by atoms with Crippen molar-refractivity contribution in [2.45, 2.75) is 13.0 Å². The fourth-order valence-corrected chi connectivity index (χ4v) is 1.56. The standard InChI is InChI=1S/C10H10O5/c1-5-2-3-6-9(15-4-14-6)7(5)8(11)10(12)13/h2-3,8,11H,4H2,1H3,(H,12,13). The minimum Gasteiger partial charge on any atom is -0.479 e. The zero-order valence-electron chi connectivity index (χ0n) is 8.06. The first kappa shape index (κ1) is 9.79. The van der Waals surface area contributed by atoms with Crippen LogP contribution in [-0.4, -0.2) is 23.0 Å². The molecule has 5 nitrogen and oxygen atoms in total. The first-order chi connectivity index (χ1) is 7.11. The van der Waals surface area contributed by atoms with Crippen LogP contribution in [-0.2, 0) is 4.79 Å². The Balaban J connectivity index is 2.54. The molecule has 0 bridgehead atoms. The Hall–Kier alpha value is -1.75. The Morgan fingerprint density at radius 2 is 2.20 bits per heavy atom. The molecule has 0 aromatic heterocycles. The molecular formula is C10H10O5. The van der Waals surface area contributed by atoms with E-state index in [0.717, 1.165) is 0 Å². The number of hydrogen-bond acceptors (Lipinski definition) is 4. The number of carbonyl (C=O) groups is 1. The summed E-state index contributed by atoms with van der Waals surface area (Å²) in [6.07, 6.45) is -1.58. The van der Waals surface area contributed by atoms with E-state index in [1.165, 1.54) is 0 Å². The van der Waals surface area contributed by atoms with E-state index in [1.54, 1.807) is 19.1 Å². The summed E-state index contributed by atoms with van der Waals surface area (Å²) in [7, 11) is 0. The molecular weight excluding hydrogens is 200 g/mol. The van der Waals surface area contributed by atoms with Crippen LogP contribution in [0.25, 0.3) is 0 Å². The van der Waals surface area contributed by atoms with Gasteiger partial charge in [-0.3, -0.25) is 0 Å². The smallest absolute Gasteiger partial charge is 0.337 e. The van der Waals surface area contributed by atoms with Gasteiger partial charge in [-0.15, -0.1) is 0 Å². The van der Waals surface area contributed by atoms with Crippen LogP contribution >= 0.6 is 0 Å². The summed E-state index contributed by atoms with van der Waals surface area (Å²) in [5, 5.41) is 18.3. The normalized spacial score (nSPS) is 15.1. The van der Waals surface area contributed by atoms with Gasteiger partial charge in [0, 0.05) is 5.56 Å². The van der Waals surface area contributed by atoms with Crippen LogP contribution < -0.4 is 9.47 Å². The van der Waals surface area contributed by atoms with Crippen molar-refractivity contribution in [1.82, 2.24) is 0 Å². The molecule has 1 heterocycles. The van der Waals surface area contributed by atoms with Gasteiger partial charge in [-0.25, -0.2) is 4.79 Å². The van der Waals surface area contributed by atoms with Crippen LogP contribution in [0.2, 0.25) is 0 Å². The molecule has 0 fully saturated rings. The molecule has 0 spiro atoms. The topological polar surface area (TPSA) is 76.0 Å². The lowest BCUT2D eigenvalue weighted by Crippen LogP contribution is -2.12. The van der Waals surface area contributed by atoms with Crippen molar-refractivity contribution in [3.05, 3.63) is 23.3 Å². The van der Waals surface area contributed by atoms with Gasteiger partial charge in [0.2, 0.25) is 6.79 Å². The van der Waals surface area contributed by atoms with E-state index in [0.29, 0.717) is 17.1 Å². The van der Waals surface area contributed by atoms with Crippen molar-refractivity contribution < 1.29 is 24.5 Å². The third-order valence-electron chi connectivity index (χ3n) is 2.30. The number of hydrogen-bond donors (Lipinski definition) is 2. The Kier molecular flexibility index (Phi) is 2.24. The highest BCUT2D eigenvalue weighted by Crippen LogP contribution is 2.40. The second kappa shape index (κ2) is 3.43. The van der Waals surface area contributed by atoms with Gasteiger partial charge in [0.05, 0.1) is 0 Å². The molecule has 1 aliphatic rings. The van der Waals surface area contributed by atoms with Gasteiger partial charge in [-0.2, -0.15) is 0 Å². The van der Waals surface area contributed by atoms with Crippen molar-refractivity contribution in [2.75, 3.05) is 6.79 Å². The predicted molar refractivity (Wildman–Crippen MR) is 49.9 cm³/mol. The van der Waals surface area contributed by atoms with Crippen LogP contribution in [0.5, 0.6) is 11.5 Å². The molecule has 1 aliphatic heterocycles. The van der Waals surface area contributed by atoms with Gasteiger partial charge < -0.3 is 19.7 Å². The largest absolute Gasteiger partial charge is 0.479 e. The number of carboxylic acids is 1. The average Bonchev–Trinajstić information content (AvgIpc) is 2.64. The molecule has 15 heavy (non-hydrogen) atoms. The predicted octanol–water partition coefficient (Wildman–Crippen LogP) is 0.842. The molecule has 0 saturated carbocycles. The number of carboxylic acid groups (broad SMARTS) is 1. The maximum Gasteiger partial charge on any atom is 0.337 e. The summed E-state index contributed by atoms with van der Waals surface area (Å²) in [6.45, 7) is 1.77. The van der Waals surface area contributed by atoms with Crippen molar-refractivity contribution in [3.63, 3.8) is 0 Å². The molecule has 80 valence electrons. The van der Waals surface area contributed by atoms with Gasteiger partial charge in [0.15, 0.2) is 17.6 Å². The quantitative estimate of drug-likeness (QED) is 0.756. The minimum absolute atomic E-state index is 0.0537. The molecule has 2 rings (SSSR count). The SMILES string of the molecule is Cc1ccc2c(c1C(O)C(=O)O)OCO2. The Labute approximate surface area is 85.9 Å². The van der Waals surface area contributed by atoms with Gasteiger partial charge in [0.1, 0.15) is 0 Å². The number of aryl methyl sites for hydroxylation is 1. The zero-order chi connectivity index (χ0) is 11.0. The summed E-state index contributed by atoms with van der Waals surface area (Å²) in [6, 6.07) is 3.38. The number of ether oxygens (including phenoxy) is 2.